The van der Waals surface area contributed by atoms with E-state index in [2.05, 4.69) is 46.0 Å². The first-order chi connectivity index (χ1) is 13.9. The van der Waals surface area contributed by atoms with Crippen LogP contribution in [-0.4, -0.2) is 22.5 Å². The quantitative estimate of drug-likeness (QED) is 0.787. The van der Waals surface area contributed by atoms with Crippen molar-refractivity contribution in [3.8, 4) is 0 Å². The molecule has 0 bridgehead atoms. The van der Waals surface area contributed by atoms with E-state index in [-0.39, 0.29) is 16.7 Å². The zero-order chi connectivity index (χ0) is 21.9. The molecule has 4 heteroatoms. The highest BCUT2D eigenvalue weighted by atomic mass is 16.4. The van der Waals surface area contributed by atoms with Gasteiger partial charge in [-0.2, -0.15) is 0 Å². The van der Waals surface area contributed by atoms with Crippen LogP contribution in [0.2, 0.25) is 0 Å². The second kappa shape index (κ2) is 6.69. The molecule has 2 aromatic rings. The molecule has 2 N–H and O–H groups in total. The van der Waals surface area contributed by atoms with Crippen molar-refractivity contribution < 1.29 is 14.7 Å². The van der Waals surface area contributed by atoms with Crippen molar-refractivity contribution in [2.45, 2.75) is 76.7 Å². The standard InChI is InChI=1S/C26H31NO3/c1-24(2,3)18-12-20(19-10-11-25(4,5)21(19)13-18)22(28)27-26(23(29)30)14-16-8-6-7-9-17(16)15-26/h6-9,12-13H,10-11,14-15H2,1-5H3,(H,27,28)(H,29,30). The van der Waals surface area contributed by atoms with Gasteiger partial charge in [0.2, 0.25) is 0 Å². The average Bonchev–Trinajstić information content (AvgIpc) is 3.18. The summed E-state index contributed by atoms with van der Waals surface area (Å²) in [5, 5.41) is 13.0. The molecule has 30 heavy (non-hydrogen) atoms. The summed E-state index contributed by atoms with van der Waals surface area (Å²) in [4.78, 5) is 25.8. The van der Waals surface area contributed by atoms with E-state index in [0.29, 0.717) is 18.4 Å². The number of carboxylic acid groups (broad SMARTS) is 1. The van der Waals surface area contributed by atoms with Crippen LogP contribution in [0.25, 0.3) is 0 Å². The third-order valence-electron chi connectivity index (χ3n) is 6.95. The number of hydrogen-bond acceptors (Lipinski definition) is 2. The molecule has 0 aliphatic heterocycles. The van der Waals surface area contributed by atoms with Gasteiger partial charge in [-0.3, -0.25) is 4.79 Å². The Morgan fingerprint density at radius 3 is 2.17 bits per heavy atom. The van der Waals surface area contributed by atoms with Crippen molar-refractivity contribution >= 4 is 11.9 Å². The second-order valence-electron chi connectivity index (χ2n) is 10.6. The molecule has 2 aliphatic carbocycles. The van der Waals surface area contributed by atoms with E-state index < -0.39 is 11.5 Å². The first-order valence-corrected chi connectivity index (χ1v) is 10.7. The first-order valence-electron chi connectivity index (χ1n) is 10.7. The number of amides is 1. The molecule has 0 aromatic heterocycles. The Labute approximate surface area is 178 Å². The van der Waals surface area contributed by atoms with Crippen molar-refractivity contribution in [3.05, 3.63) is 69.8 Å². The Bertz CT molecular complexity index is 1020. The fraction of sp³-hybridized carbons (Fsp3) is 0.462. The number of carboxylic acids is 1. The van der Waals surface area contributed by atoms with E-state index >= 15 is 0 Å². The van der Waals surface area contributed by atoms with Gasteiger partial charge in [0.05, 0.1) is 0 Å². The second-order valence-corrected chi connectivity index (χ2v) is 10.6. The lowest BCUT2D eigenvalue weighted by Gasteiger charge is -2.28. The highest BCUT2D eigenvalue weighted by Crippen LogP contribution is 2.42. The molecule has 1 amide bonds. The zero-order valence-electron chi connectivity index (χ0n) is 18.6. The average molecular weight is 406 g/mol. The van der Waals surface area contributed by atoms with Crippen molar-refractivity contribution in [1.82, 2.24) is 5.32 Å². The summed E-state index contributed by atoms with van der Waals surface area (Å²) < 4.78 is 0. The molecular formula is C26H31NO3. The van der Waals surface area contributed by atoms with Crippen LogP contribution in [0.15, 0.2) is 36.4 Å². The van der Waals surface area contributed by atoms with Crippen molar-refractivity contribution in [2.24, 2.45) is 0 Å². The van der Waals surface area contributed by atoms with Crippen LogP contribution in [-0.2, 0) is 34.9 Å². The minimum absolute atomic E-state index is 0.0136. The summed E-state index contributed by atoms with van der Waals surface area (Å²) in [5.41, 5.74) is 4.65. The lowest BCUT2D eigenvalue weighted by atomic mass is 9.79. The van der Waals surface area contributed by atoms with Crippen molar-refractivity contribution in [3.63, 3.8) is 0 Å². The van der Waals surface area contributed by atoms with E-state index in [0.717, 1.165) is 35.1 Å². The number of fused-ring (bicyclic) bond motifs is 2. The van der Waals surface area contributed by atoms with Gasteiger partial charge in [-0.1, -0.05) is 65.0 Å². The number of rotatable bonds is 3. The van der Waals surface area contributed by atoms with Crippen LogP contribution < -0.4 is 5.32 Å². The summed E-state index contributed by atoms with van der Waals surface area (Å²) in [6, 6.07) is 12.0. The Hall–Kier alpha value is -2.62. The highest BCUT2D eigenvalue weighted by Gasteiger charge is 2.46. The maximum Gasteiger partial charge on any atom is 0.330 e. The third kappa shape index (κ3) is 3.32. The molecule has 0 spiro atoms. The van der Waals surface area contributed by atoms with Gasteiger partial charge >= 0.3 is 5.97 Å². The van der Waals surface area contributed by atoms with Crippen LogP contribution in [0.5, 0.6) is 0 Å². The minimum Gasteiger partial charge on any atom is -0.479 e. The zero-order valence-corrected chi connectivity index (χ0v) is 18.6. The van der Waals surface area contributed by atoms with Gasteiger partial charge < -0.3 is 10.4 Å². The highest BCUT2D eigenvalue weighted by molar-refractivity contribution is 6.00. The van der Waals surface area contributed by atoms with Crippen LogP contribution in [0.4, 0.5) is 0 Å². The van der Waals surface area contributed by atoms with Crippen molar-refractivity contribution in [1.29, 1.82) is 0 Å². The Kier molecular flexibility index (Phi) is 4.61. The summed E-state index contributed by atoms with van der Waals surface area (Å²) in [7, 11) is 0. The van der Waals surface area contributed by atoms with E-state index in [1.54, 1.807) is 0 Å². The van der Waals surface area contributed by atoms with Gasteiger partial charge in [-0.25, -0.2) is 4.79 Å². The molecule has 2 aromatic carbocycles. The molecule has 0 unspecified atom stereocenters. The number of hydrogen-bond donors (Lipinski definition) is 2. The molecule has 0 fully saturated rings. The predicted molar refractivity (Wildman–Crippen MR) is 118 cm³/mol. The molecule has 0 atom stereocenters. The third-order valence-corrected chi connectivity index (χ3v) is 6.95. The summed E-state index contributed by atoms with van der Waals surface area (Å²) in [6.45, 7) is 10.9. The lowest BCUT2D eigenvalue weighted by molar-refractivity contribution is -0.144. The van der Waals surface area contributed by atoms with E-state index in [1.165, 1.54) is 5.56 Å². The Morgan fingerprint density at radius 1 is 1.03 bits per heavy atom. The Balaban J connectivity index is 1.75. The monoisotopic (exact) mass is 405 g/mol. The molecule has 2 aliphatic rings. The van der Waals surface area contributed by atoms with Crippen molar-refractivity contribution in [2.75, 3.05) is 0 Å². The van der Waals surface area contributed by atoms with Gasteiger partial charge in [-0.05, 0) is 57.6 Å². The fourth-order valence-corrected chi connectivity index (χ4v) is 4.95. The van der Waals surface area contributed by atoms with Crippen LogP contribution in [0, 0.1) is 0 Å². The lowest BCUT2D eigenvalue weighted by Crippen LogP contribution is -2.55. The predicted octanol–water partition coefficient (Wildman–Crippen LogP) is 4.56. The van der Waals surface area contributed by atoms with E-state index in [4.69, 9.17) is 0 Å². The fourth-order valence-electron chi connectivity index (χ4n) is 4.95. The molecule has 0 radical (unpaired) electrons. The van der Waals surface area contributed by atoms with Gasteiger partial charge in [0.1, 0.15) is 5.54 Å². The van der Waals surface area contributed by atoms with Gasteiger partial charge in [0.15, 0.2) is 0 Å². The van der Waals surface area contributed by atoms with Crippen LogP contribution in [0.1, 0.15) is 79.2 Å². The van der Waals surface area contributed by atoms with E-state index in [1.807, 2.05) is 30.3 Å². The van der Waals surface area contributed by atoms with Crippen LogP contribution in [0.3, 0.4) is 0 Å². The largest absolute Gasteiger partial charge is 0.479 e. The van der Waals surface area contributed by atoms with Gasteiger partial charge in [0.25, 0.3) is 5.91 Å². The maximum absolute atomic E-state index is 13.5. The van der Waals surface area contributed by atoms with Gasteiger partial charge in [-0.15, -0.1) is 0 Å². The van der Waals surface area contributed by atoms with Crippen LogP contribution >= 0.6 is 0 Å². The molecule has 0 heterocycles. The minimum atomic E-state index is -1.29. The molecule has 4 nitrogen and oxygen atoms in total. The smallest absolute Gasteiger partial charge is 0.330 e. The number of aliphatic carboxylic acids is 1. The number of nitrogens with one attached hydrogen (secondary N) is 1. The molecule has 0 saturated heterocycles. The molecule has 4 rings (SSSR count). The summed E-state index contributed by atoms with van der Waals surface area (Å²) in [6.07, 6.45) is 2.47. The van der Waals surface area contributed by atoms with Gasteiger partial charge in [0, 0.05) is 18.4 Å². The molecule has 0 saturated carbocycles. The maximum atomic E-state index is 13.5. The normalized spacial score (nSPS) is 18.6. The number of benzene rings is 2. The summed E-state index contributed by atoms with van der Waals surface area (Å²) in [5.74, 6) is -1.25. The SMILES string of the molecule is CC(C)(C)c1cc(C(=O)NC2(C(=O)O)Cc3ccccc3C2)c2c(c1)C(C)(C)CC2. The molecular weight excluding hydrogens is 374 g/mol. The Morgan fingerprint density at radius 2 is 1.63 bits per heavy atom. The van der Waals surface area contributed by atoms with E-state index in [9.17, 15) is 14.7 Å². The topological polar surface area (TPSA) is 66.4 Å². The summed E-state index contributed by atoms with van der Waals surface area (Å²) >= 11 is 0. The first kappa shape index (κ1) is 20.6. The number of carbonyl (C=O) groups excluding carboxylic acids is 1. The number of carbonyl (C=O) groups is 2. The molecule has 158 valence electrons.